The van der Waals surface area contributed by atoms with Crippen LogP contribution >= 0.6 is 0 Å². The van der Waals surface area contributed by atoms with E-state index in [-0.39, 0.29) is 23.7 Å². The number of carbonyl (C=O) groups excluding carboxylic acids is 3. The van der Waals surface area contributed by atoms with Crippen LogP contribution in [-0.4, -0.2) is 35.5 Å². The minimum atomic E-state index is -0.956. The van der Waals surface area contributed by atoms with Crippen LogP contribution in [0.3, 0.4) is 0 Å². The number of methoxy groups -OCH3 is 1. The lowest BCUT2D eigenvalue weighted by molar-refractivity contribution is -0.130. The molecule has 0 unspecified atom stereocenters. The number of nitrogens with one attached hydrogen (secondary N) is 1. The molecule has 3 amide bonds. The van der Waals surface area contributed by atoms with Crippen LogP contribution in [0.1, 0.15) is 29.8 Å². The third-order valence-corrected chi connectivity index (χ3v) is 3.35. The number of nitrogens with two attached hydrogens (primary N) is 1. The number of nitrogen functional groups attached to an aromatic ring is 1. The first kappa shape index (κ1) is 14.8. The zero-order chi connectivity index (χ0) is 15.8. The van der Waals surface area contributed by atoms with Crippen molar-refractivity contribution in [2.24, 2.45) is 0 Å². The van der Waals surface area contributed by atoms with Crippen LogP contribution in [0.4, 0.5) is 10.5 Å². The highest BCUT2D eigenvalue weighted by molar-refractivity contribution is 6.06. The number of anilines is 1. The highest BCUT2D eigenvalue weighted by Gasteiger charge is 2.44. The van der Waals surface area contributed by atoms with E-state index < -0.39 is 17.5 Å². The Labute approximate surface area is 122 Å². The van der Waals surface area contributed by atoms with Gasteiger partial charge in [-0.1, -0.05) is 12.1 Å². The third-order valence-electron chi connectivity index (χ3n) is 3.35. The van der Waals surface area contributed by atoms with E-state index >= 15 is 0 Å². The summed E-state index contributed by atoms with van der Waals surface area (Å²) in [6.07, 6.45) is 0. The molecule has 0 atom stereocenters. The van der Waals surface area contributed by atoms with Crippen LogP contribution in [0.5, 0.6) is 0 Å². The lowest BCUT2D eigenvalue weighted by Crippen LogP contribution is -2.40. The average Bonchev–Trinajstić information content (AvgIpc) is 2.60. The molecule has 1 aliphatic heterocycles. The second-order valence-electron chi connectivity index (χ2n) is 5.32. The van der Waals surface area contributed by atoms with Crippen molar-refractivity contribution in [3.8, 4) is 0 Å². The van der Waals surface area contributed by atoms with Gasteiger partial charge in [-0.3, -0.25) is 9.69 Å². The quantitative estimate of drug-likeness (QED) is 0.489. The first-order valence-corrected chi connectivity index (χ1v) is 6.37. The van der Waals surface area contributed by atoms with Crippen LogP contribution in [0.15, 0.2) is 18.2 Å². The third kappa shape index (κ3) is 2.54. The fraction of sp³-hybridized carbons (Fsp3) is 0.357. The standard InChI is InChI=1S/C14H17N3O4/c1-14(2)12(19)17(13(20)16-14)7-8-5-4-6-9(15)10(8)11(18)21-3/h4-6H,7,15H2,1-3H3,(H,16,20). The molecule has 0 aliphatic carbocycles. The van der Waals surface area contributed by atoms with Crippen molar-refractivity contribution >= 4 is 23.6 Å². The van der Waals surface area contributed by atoms with Crippen LogP contribution in [0.2, 0.25) is 0 Å². The lowest BCUT2D eigenvalue weighted by atomic mass is 10.0. The number of hydrogen-bond donors (Lipinski definition) is 2. The minimum Gasteiger partial charge on any atom is -0.465 e. The Morgan fingerprint density at radius 1 is 1.38 bits per heavy atom. The van der Waals surface area contributed by atoms with Crippen molar-refractivity contribution in [3.05, 3.63) is 29.3 Å². The topological polar surface area (TPSA) is 102 Å². The maximum atomic E-state index is 12.2. The van der Waals surface area contributed by atoms with E-state index in [2.05, 4.69) is 5.32 Å². The molecule has 0 bridgehead atoms. The normalized spacial score (nSPS) is 16.8. The summed E-state index contributed by atoms with van der Waals surface area (Å²) in [5.74, 6) is -0.958. The average molecular weight is 291 g/mol. The monoisotopic (exact) mass is 291 g/mol. The van der Waals surface area contributed by atoms with Gasteiger partial charge in [0.15, 0.2) is 0 Å². The van der Waals surface area contributed by atoms with Gasteiger partial charge in [0.05, 0.1) is 19.2 Å². The van der Waals surface area contributed by atoms with Gasteiger partial charge < -0.3 is 15.8 Å². The van der Waals surface area contributed by atoms with Crippen molar-refractivity contribution in [2.75, 3.05) is 12.8 Å². The molecule has 3 N–H and O–H groups in total. The van der Waals surface area contributed by atoms with Crippen LogP contribution < -0.4 is 11.1 Å². The number of benzene rings is 1. The molecule has 1 aliphatic rings. The summed E-state index contributed by atoms with van der Waals surface area (Å²) >= 11 is 0. The molecule has 0 saturated carbocycles. The second-order valence-corrected chi connectivity index (χ2v) is 5.32. The number of ether oxygens (including phenoxy) is 1. The van der Waals surface area contributed by atoms with Gasteiger partial charge in [0.2, 0.25) is 0 Å². The number of urea groups is 1. The number of rotatable bonds is 3. The maximum absolute atomic E-state index is 12.2. The molecular formula is C14H17N3O4. The highest BCUT2D eigenvalue weighted by atomic mass is 16.5. The fourth-order valence-electron chi connectivity index (χ4n) is 2.23. The van der Waals surface area contributed by atoms with E-state index in [1.165, 1.54) is 7.11 Å². The molecule has 1 heterocycles. The summed E-state index contributed by atoms with van der Waals surface area (Å²) in [5, 5.41) is 2.58. The Morgan fingerprint density at radius 3 is 2.57 bits per heavy atom. The van der Waals surface area contributed by atoms with E-state index in [9.17, 15) is 14.4 Å². The summed E-state index contributed by atoms with van der Waals surface area (Å²) in [6.45, 7) is 3.20. The summed E-state index contributed by atoms with van der Waals surface area (Å²) in [4.78, 5) is 36.9. The molecule has 112 valence electrons. The van der Waals surface area contributed by atoms with Gasteiger partial charge in [-0.05, 0) is 25.5 Å². The van der Waals surface area contributed by atoms with E-state index in [0.29, 0.717) is 5.56 Å². The number of hydrogen-bond acceptors (Lipinski definition) is 5. The SMILES string of the molecule is COC(=O)c1c(N)cccc1CN1C(=O)NC(C)(C)C1=O. The van der Waals surface area contributed by atoms with Crippen molar-refractivity contribution < 1.29 is 19.1 Å². The molecular weight excluding hydrogens is 274 g/mol. The molecule has 1 fully saturated rings. The van der Waals surface area contributed by atoms with E-state index in [4.69, 9.17) is 10.5 Å². The van der Waals surface area contributed by atoms with E-state index in [1.807, 2.05) is 0 Å². The van der Waals surface area contributed by atoms with Crippen molar-refractivity contribution in [1.29, 1.82) is 0 Å². The van der Waals surface area contributed by atoms with Gasteiger partial charge in [0.25, 0.3) is 5.91 Å². The van der Waals surface area contributed by atoms with Gasteiger partial charge in [0, 0.05) is 5.69 Å². The van der Waals surface area contributed by atoms with E-state index in [1.54, 1.807) is 32.0 Å². The number of imide groups is 1. The van der Waals surface area contributed by atoms with Gasteiger partial charge in [-0.25, -0.2) is 9.59 Å². The summed E-state index contributed by atoms with van der Waals surface area (Å²) in [7, 11) is 1.25. The zero-order valence-electron chi connectivity index (χ0n) is 12.1. The Morgan fingerprint density at radius 2 is 2.05 bits per heavy atom. The smallest absolute Gasteiger partial charge is 0.340 e. The minimum absolute atomic E-state index is 0.0381. The predicted octanol–water partition coefficient (Wildman–Crippen LogP) is 0.886. The molecule has 7 heteroatoms. The van der Waals surface area contributed by atoms with Gasteiger partial charge >= 0.3 is 12.0 Å². The molecule has 0 aromatic heterocycles. The molecule has 0 spiro atoms. The highest BCUT2D eigenvalue weighted by Crippen LogP contribution is 2.24. The Kier molecular flexibility index (Phi) is 3.59. The molecule has 1 saturated heterocycles. The largest absolute Gasteiger partial charge is 0.465 e. The molecule has 1 aromatic rings. The molecule has 21 heavy (non-hydrogen) atoms. The molecule has 7 nitrogen and oxygen atoms in total. The predicted molar refractivity (Wildman–Crippen MR) is 75.4 cm³/mol. The molecule has 1 aromatic carbocycles. The Balaban J connectivity index is 2.37. The number of carbonyl (C=O) groups is 3. The van der Waals surface area contributed by atoms with Gasteiger partial charge in [0.1, 0.15) is 5.54 Å². The summed E-state index contributed by atoms with van der Waals surface area (Å²) in [5.41, 5.74) is 5.71. The molecule has 2 rings (SSSR count). The first-order valence-electron chi connectivity index (χ1n) is 6.37. The summed E-state index contributed by atoms with van der Waals surface area (Å²) < 4.78 is 4.69. The van der Waals surface area contributed by atoms with Crippen molar-refractivity contribution in [1.82, 2.24) is 10.2 Å². The molecule has 0 radical (unpaired) electrons. The zero-order valence-corrected chi connectivity index (χ0v) is 12.1. The van der Waals surface area contributed by atoms with Crippen LogP contribution in [0.25, 0.3) is 0 Å². The number of nitrogens with zero attached hydrogens (tertiary/aromatic N) is 1. The Bertz CT molecular complexity index is 625. The Hall–Kier alpha value is -2.57. The number of esters is 1. The van der Waals surface area contributed by atoms with Crippen molar-refractivity contribution in [3.63, 3.8) is 0 Å². The summed E-state index contributed by atoms with van der Waals surface area (Å²) in [6, 6.07) is 4.35. The first-order chi connectivity index (χ1) is 9.77. The van der Waals surface area contributed by atoms with Gasteiger partial charge in [-0.2, -0.15) is 0 Å². The number of amides is 3. The second kappa shape index (κ2) is 5.08. The maximum Gasteiger partial charge on any atom is 0.340 e. The van der Waals surface area contributed by atoms with Crippen LogP contribution in [-0.2, 0) is 16.1 Å². The van der Waals surface area contributed by atoms with E-state index in [0.717, 1.165) is 4.90 Å². The van der Waals surface area contributed by atoms with Crippen LogP contribution in [0, 0.1) is 0 Å². The lowest BCUT2D eigenvalue weighted by Gasteiger charge is -2.18. The van der Waals surface area contributed by atoms with Crippen molar-refractivity contribution in [2.45, 2.75) is 25.9 Å². The van der Waals surface area contributed by atoms with Gasteiger partial charge in [-0.15, -0.1) is 0 Å². The fourth-order valence-corrected chi connectivity index (χ4v) is 2.23.